The third kappa shape index (κ3) is 2.16. The number of furan rings is 1. The normalized spacial score (nSPS) is 12.4. The molecule has 0 aliphatic carbocycles. The first kappa shape index (κ1) is 11.3. The Morgan fingerprint density at radius 3 is 3.12 bits per heavy atom. The summed E-state index contributed by atoms with van der Waals surface area (Å²) in [6.07, 6.45) is 2.02. The van der Waals surface area contributed by atoms with E-state index in [1.54, 1.807) is 12.1 Å². The Labute approximate surface area is 96.7 Å². The van der Waals surface area contributed by atoms with Gasteiger partial charge >= 0.3 is 0 Å². The first-order chi connectivity index (χ1) is 8.26. The molecule has 1 amide bonds. The summed E-state index contributed by atoms with van der Waals surface area (Å²) in [5.41, 5.74) is 2.07. The first-order valence-electron chi connectivity index (χ1n) is 5.10. The van der Waals surface area contributed by atoms with Crippen LogP contribution in [0.4, 0.5) is 0 Å². The zero-order chi connectivity index (χ0) is 12.3. The fraction of sp³-hybridized carbons (Fsp3) is 0.333. The third-order valence-electron chi connectivity index (χ3n) is 2.28. The lowest BCUT2D eigenvalue weighted by Gasteiger charge is -2.10. The van der Waals surface area contributed by atoms with E-state index < -0.39 is 6.04 Å². The molecule has 3 N–H and O–H groups in total. The molecule has 0 bridgehead atoms. The Morgan fingerprint density at radius 1 is 1.71 bits per heavy atom. The van der Waals surface area contributed by atoms with Gasteiger partial charge in [0.15, 0.2) is 11.8 Å². The highest BCUT2D eigenvalue weighted by molar-refractivity contribution is 5.79. The van der Waals surface area contributed by atoms with Gasteiger partial charge in [0.2, 0.25) is 5.82 Å². The number of carbonyl (C=O) groups is 1. The number of rotatable bonds is 4. The van der Waals surface area contributed by atoms with Crippen molar-refractivity contribution in [2.45, 2.75) is 19.4 Å². The highest BCUT2D eigenvalue weighted by atomic mass is 16.3. The van der Waals surface area contributed by atoms with Crippen LogP contribution in [0.25, 0.3) is 11.6 Å². The summed E-state index contributed by atoms with van der Waals surface area (Å²) >= 11 is 0. The lowest BCUT2D eigenvalue weighted by atomic mass is 10.2. The van der Waals surface area contributed by atoms with Gasteiger partial charge in [0.1, 0.15) is 0 Å². The number of carbonyl (C=O) groups excluding carboxylic acids is 1. The molecule has 0 fully saturated rings. The van der Waals surface area contributed by atoms with Gasteiger partial charge in [-0.1, -0.05) is 6.92 Å². The largest absolute Gasteiger partial charge is 0.461 e. The van der Waals surface area contributed by atoms with Gasteiger partial charge in [0, 0.05) is 0 Å². The number of nitrogens with zero attached hydrogens (tertiary/aromatic N) is 4. The molecule has 0 aromatic carbocycles. The van der Waals surface area contributed by atoms with Crippen molar-refractivity contribution in [1.29, 1.82) is 0 Å². The van der Waals surface area contributed by atoms with Crippen LogP contribution >= 0.6 is 0 Å². The molecule has 2 aromatic heterocycles. The lowest BCUT2D eigenvalue weighted by Crippen LogP contribution is -2.37. The maximum absolute atomic E-state index is 11.5. The van der Waals surface area contributed by atoms with Crippen LogP contribution in [-0.2, 0) is 4.79 Å². The smallest absolute Gasteiger partial charge is 0.260 e. The van der Waals surface area contributed by atoms with E-state index in [-0.39, 0.29) is 5.91 Å². The predicted octanol–water partition coefficient (Wildman–Crippen LogP) is -0.126. The van der Waals surface area contributed by atoms with E-state index in [0.29, 0.717) is 18.0 Å². The molecule has 1 atom stereocenters. The Kier molecular flexibility index (Phi) is 3.15. The van der Waals surface area contributed by atoms with E-state index in [1.807, 2.05) is 6.92 Å². The number of hydrogen-bond donors (Lipinski definition) is 2. The Hall–Kier alpha value is -2.22. The number of hydrazine groups is 1. The summed E-state index contributed by atoms with van der Waals surface area (Å²) in [4.78, 5) is 12.7. The van der Waals surface area contributed by atoms with Crippen LogP contribution in [0.15, 0.2) is 22.8 Å². The minimum atomic E-state index is -0.573. The second-order valence-corrected chi connectivity index (χ2v) is 3.34. The number of aromatic nitrogens is 4. The molecular formula is C9H12N6O2. The summed E-state index contributed by atoms with van der Waals surface area (Å²) in [6.45, 7) is 1.83. The number of hydrogen-bond acceptors (Lipinski definition) is 6. The van der Waals surface area contributed by atoms with E-state index in [2.05, 4.69) is 20.8 Å². The van der Waals surface area contributed by atoms with Crippen molar-refractivity contribution in [3.63, 3.8) is 0 Å². The maximum Gasteiger partial charge on any atom is 0.260 e. The SMILES string of the molecule is CCC(C(=O)NN)n1nnc(-c2ccco2)n1. The van der Waals surface area contributed by atoms with Crippen molar-refractivity contribution in [1.82, 2.24) is 25.6 Å². The van der Waals surface area contributed by atoms with E-state index in [9.17, 15) is 4.79 Å². The van der Waals surface area contributed by atoms with Gasteiger partial charge in [-0.25, -0.2) is 5.84 Å². The average molecular weight is 236 g/mol. The predicted molar refractivity (Wildman–Crippen MR) is 57.2 cm³/mol. The van der Waals surface area contributed by atoms with E-state index in [4.69, 9.17) is 10.3 Å². The van der Waals surface area contributed by atoms with E-state index in [1.165, 1.54) is 11.1 Å². The van der Waals surface area contributed by atoms with Crippen LogP contribution in [0.5, 0.6) is 0 Å². The molecule has 2 aromatic rings. The van der Waals surface area contributed by atoms with Crippen LogP contribution in [0.1, 0.15) is 19.4 Å². The molecule has 2 heterocycles. The van der Waals surface area contributed by atoms with Crippen molar-refractivity contribution in [3.8, 4) is 11.6 Å². The van der Waals surface area contributed by atoms with Crippen LogP contribution in [0.3, 0.4) is 0 Å². The molecule has 17 heavy (non-hydrogen) atoms. The Morgan fingerprint density at radius 2 is 2.53 bits per heavy atom. The second-order valence-electron chi connectivity index (χ2n) is 3.34. The minimum absolute atomic E-state index is 0.332. The van der Waals surface area contributed by atoms with Crippen molar-refractivity contribution in [3.05, 3.63) is 18.4 Å². The summed E-state index contributed by atoms with van der Waals surface area (Å²) < 4.78 is 5.13. The van der Waals surface area contributed by atoms with Crippen molar-refractivity contribution < 1.29 is 9.21 Å². The van der Waals surface area contributed by atoms with E-state index >= 15 is 0 Å². The molecule has 0 aliphatic rings. The van der Waals surface area contributed by atoms with Crippen LogP contribution in [0.2, 0.25) is 0 Å². The Balaban J connectivity index is 2.25. The molecule has 1 unspecified atom stereocenters. The zero-order valence-corrected chi connectivity index (χ0v) is 9.20. The molecule has 0 saturated heterocycles. The molecule has 90 valence electrons. The highest BCUT2D eigenvalue weighted by Gasteiger charge is 2.21. The zero-order valence-electron chi connectivity index (χ0n) is 9.20. The molecule has 8 nitrogen and oxygen atoms in total. The van der Waals surface area contributed by atoms with E-state index in [0.717, 1.165) is 0 Å². The standard InChI is InChI=1S/C9H12N6O2/c1-2-6(9(16)11-10)15-13-8(12-14-15)7-4-3-5-17-7/h3-6H,2,10H2,1H3,(H,11,16). The highest BCUT2D eigenvalue weighted by Crippen LogP contribution is 2.15. The number of nitrogens with one attached hydrogen (secondary N) is 1. The van der Waals surface area contributed by atoms with Gasteiger partial charge in [-0.15, -0.1) is 10.2 Å². The molecule has 0 saturated carbocycles. The van der Waals surface area contributed by atoms with Gasteiger partial charge in [-0.2, -0.15) is 4.80 Å². The summed E-state index contributed by atoms with van der Waals surface area (Å²) in [6, 6.07) is 2.86. The molecule has 2 rings (SSSR count). The van der Waals surface area contributed by atoms with Crippen LogP contribution < -0.4 is 11.3 Å². The molecule has 0 spiro atoms. The van der Waals surface area contributed by atoms with Crippen molar-refractivity contribution in [2.24, 2.45) is 5.84 Å². The van der Waals surface area contributed by atoms with Crippen molar-refractivity contribution in [2.75, 3.05) is 0 Å². The fourth-order valence-corrected chi connectivity index (χ4v) is 1.41. The number of nitrogens with two attached hydrogens (primary N) is 1. The fourth-order valence-electron chi connectivity index (χ4n) is 1.41. The maximum atomic E-state index is 11.5. The summed E-state index contributed by atoms with van der Waals surface area (Å²) in [5, 5.41) is 11.7. The number of amides is 1. The molecule has 8 heteroatoms. The van der Waals surface area contributed by atoms with Crippen molar-refractivity contribution >= 4 is 5.91 Å². The third-order valence-corrected chi connectivity index (χ3v) is 2.28. The Bertz CT molecular complexity index is 491. The lowest BCUT2D eigenvalue weighted by molar-refractivity contribution is -0.125. The monoisotopic (exact) mass is 236 g/mol. The van der Waals surface area contributed by atoms with Gasteiger partial charge in [0.25, 0.3) is 5.91 Å². The van der Waals surface area contributed by atoms with Crippen LogP contribution in [-0.4, -0.2) is 26.1 Å². The van der Waals surface area contributed by atoms with Gasteiger partial charge in [0.05, 0.1) is 6.26 Å². The van der Waals surface area contributed by atoms with Gasteiger partial charge < -0.3 is 4.42 Å². The van der Waals surface area contributed by atoms with Gasteiger partial charge in [-0.05, 0) is 23.8 Å². The average Bonchev–Trinajstić information content (AvgIpc) is 2.99. The topological polar surface area (TPSA) is 112 Å². The number of tetrazole rings is 1. The summed E-state index contributed by atoms with van der Waals surface area (Å²) in [7, 11) is 0. The summed E-state index contributed by atoms with van der Waals surface area (Å²) in [5.74, 6) is 5.55. The quantitative estimate of drug-likeness (QED) is 0.434. The second kappa shape index (κ2) is 4.74. The van der Waals surface area contributed by atoms with Gasteiger partial charge in [-0.3, -0.25) is 10.2 Å². The minimum Gasteiger partial charge on any atom is -0.461 e. The molecular weight excluding hydrogens is 224 g/mol. The molecule has 0 aliphatic heterocycles. The van der Waals surface area contributed by atoms with Crippen LogP contribution in [0, 0.1) is 0 Å². The molecule has 0 radical (unpaired) electrons. The first-order valence-corrected chi connectivity index (χ1v) is 5.10.